The summed E-state index contributed by atoms with van der Waals surface area (Å²) in [6.07, 6.45) is 1.25. The fourth-order valence-electron chi connectivity index (χ4n) is 2.16. The number of nitrogens with one attached hydrogen (secondary N) is 1. The third kappa shape index (κ3) is 1.05. The molecule has 0 saturated carbocycles. The number of hydrogen-bond acceptors (Lipinski definition) is 1. The lowest BCUT2D eigenvalue weighted by molar-refractivity contribution is 0.553. The molecule has 0 aromatic heterocycles. The van der Waals surface area contributed by atoms with Crippen LogP contribution in [0.1, 0.15) is 36.4 Å². The topological polar surface area (TPSA) is 12.0 Å². The van der Waals surface area contributed by atoms with E-state index in [1.807, 2.05) is 7.05 Å². The van der Waals surface area contributed by atoms with Gasteiger partial charge in [-0.05, 0) is 30.5 Å². The standard InChI is InChI=1S/C11H15N/c1-8-7-11(12-2)10-6-4-3-5-9(8)10/h3-6,8,11-12H,7H2,1-2H3/t8-,11-/m1/s1. The van der Waals surface area contributed by atoms with Gasteiger partial charge in [0.05, 0.1) is 0 Å². The molecule has 1 nitrogen and oxygen atoms in total. The highest BCUT2D eigenvalue weighted by molar-refractivity contribution is 5.37. The van der Waals surface area contributed by atoms with E-state index in [1.54, 1.807) is 0 Å². The molecule has 1 aliphatic carbocycles. The van der Waals surface area contributed by atoms with Gasteiger partial charge in [-0.2, -0.15) is 0 Å². The number of benzene rings is 1. The van der Waals surface area contributed by atoms with Gasteiger partial charge >= 0.3 is 0 Å². The monoisotopic (exact) mass is 161 g/mol. The smallest absolute Gasteiger partial charge is 0.0326 e. The van der Waals surface area contributed by atoms with Gasteiger partial charge in [-0.25, -0.2) is 0 Å². The van der Waals surface area contributed by atoms with Crippen molar-refractivity contribution in [3.05, 3.63) is 35.4 Å². The van der Waals surface area contributed by atoms with Gasteiger partial charge in [0.15, 0.2) is 0 Å². The van der Waals surface area contributed by atoms with Crippen LogP contribution in [0.2, 0.25) is 0 Å². The normalized spacial score (nSPS) is 27.2. The van der Waals surface area contributed by atoms with Crippen LogP contribution in [-0.2, 0) is 0 Å². The highest BCUT2D eigenvalue weighted by Gasteiger charge is 2.25. The van der Waals surface area contributed by atoms with Crippen molar-refractivity contribution in [2.45, 2.75) is 25.3 Å². The van der Waals surface area contributed by atoms with Crippen LogP contribution >= 0.6 is 0 Å². The minimum atomic E-state index is 0.580. The van der Waals surface area contributed by atoms with Crippen molar-refractivity contribution in [3.8, 4) is 0 Å². The predicted octanol–water partition coefficient (Wildman–Crippen LogP) is 2.45. The molecule has 1 heteroatoms. The quantitative estimate of drug-likeness (QED) is 0.667. The molecule has 12 heavy (non-hydrogen) atoms. The van der Waals surface area contributed by atoms with Gasteiger partial charge in [-0.1, -0.05) is 31.2 Å². The van der Waals surface area contributed by atoms with Gasteiger partial charge in [0, 0.05) is 6.04 Å². The largest absolute Gasteiger partial charge is 0.313 e. The molecule has 0 spiro atoms. The fraction of sp³-hybridized carbons (Fsp3) is 0.455. The lowest BCUT2D eigenvalue weighted by Gasteiger charge is -2.08. The molecule has 1 aliphatic rings. The van der Waals surface area contributed by atoms with Gasteiger partial charge in [0.2, 0.25) is 0 Å². The Morgan fingerprint density at radius 3 is 2.58 bits per heavy atom. The molecule has 0 fully saturated rings. The Balaban J connectivity index is 2.43. The second-order valence-electron chi connectivity index (χ2n) is 3.61. The van der Waals surface area contributed by atoms with E-state index in [4.69, 9.17) is 0 Å². The zero-order valence-corrected chi connectivity index (χ0v) is 7.67. The van der Waals surface area contributed by atoms with Crippen LogP contribution in [0.4, 0.5) is 0 Å². The van der Waals surface area contributed by atoms with E-state index in [9.17, 15) is 0 Å². The third-order valence-electron chi connectivity index (χ3n) is 2.84. The van der Waals surface area contributed by atoms with E-state index in [2.05, 4.69) is 36.5 Å². The Morgan fingerprint density at radius 1 is 1.25 bits per heavy atom. The summed E-state index contributed by atoms with van der Waals surface area (Å²) in [5.41, 5.74) is 3.02. The summed E-state index contributed by atoms with van der Waals surface area (Å²) in [5, 5.41) is 3.35. The molecule has 0 unspecified atom stereocenters. The predicted molar refractivity (Wildman–Crippen MR) is 51.3 cm³/mol. The summed E-state index contributed by atoms with van der Waals surface area (Å²) < 4.78 is 0. The molecule has 0 saturated heterocycles. The van der Waals surface area contributed by atoms with E-state index in [1.165, 1.54) is 17.5 Å². The number of hydrogen-bond donors (Lipinski definition) is 1. The van der Waals surface area contributed by atoms with E-state index < -0.39 is 0 Å². The minimum absolute atomic E-state index is 0.580. The van der Waals surface area contributed by atoms with Gasteiger partial charge in [-0.3, -0.25) is 0 Å². The summed E-state index contributed by atoms with van der Waals surface area (Å²) in [7, 11) is 2.04. The van der Waals surface area contributed by atoms with Crippen LogP contribution in [0.15, 0.2) is 24.3 Å². The van der Waals surface area contributed by atoms with Crippen molar-refractivity contribution in [2.24, 2.45) is 0 Å². The molecule has 1 aromatic rings. The molecule has 0 aliphatic heterocycles. The van der Waals surface area contributed by atoms with Gasteiger partial charge in [0.1, 0.15) is 0 Å². The molecule has 1 N–H and O–H groups in total. The first-order chi connectivity index (χ1) is 5.83. The summed E-state index contributed by atoms with van der Waals surface area (Å²) in [6, 6.07) is 9.32. The molecule has 2 atom stereocenters. The first-order valence-electron chi connectivity index (χ1n) is 4.59. The maximum absolute atomic E-state index is 3.35. The second kappa shape index (κ2) is 2.91. The third-order valence-corrected chi connectivity index (χ3v) is 2.84. The molecular weight excluding hydrogens is 146 g/mol. The lowest BCUT2D eigenvalue weighted by Crippen LogP contribution is -2.12. The molecule has 2 rings (SSSR count). The Morgan fingerprint density at radius 2 is 1.92 bits per heavy atom. The molecule has 0 radical (unpaired) electrons. The van der Waals surface area contributed by atoms with Crippen LogP contribution in [0, 0.1) is 0 Å². The highest BCUT2D eigenvalue weighted by Crippen LogP contribution is 2.39. The fourth-order valence-corrected chi connectivity index (χ4v) is 2.16. The minimum Gasteiger partial charge on any atom is -0.313 e. The number of rotatable bonds is 1. The SMILES string of the molecule is CN[C@@H]1C[C@@H](C)c2ccccc21. The first kappa shape index (κ1) is 7.81. The Bertz CT molecular complexity index is 280. The zero-order chi connectivity index (χ0) is 8.55. The summed E-state index contributed by atoms with van der Waals surface area (Å²) in [5.74, 6) is 0.721. The van der Waals surface area contributed by atoms with Crippen molar-refractivity contribution >= 4 is 0 Å². The maximum Gasteiger partial charge on any atom is 0.0326 e. The van der Waals surface area contributed by atoms with Crippen molar-refractivity contribution in [3.63, 3.8) is 0 Å². The molecule has 0 amide bonds. The lowest BCUT2D eigenvalue weighted by atomic mass is 10.0. The van der Waals surface area contributed by atoms with Crippen molar-refractivity contribution in [2.75, 3.05) is 7.05 Å². The van der Waals surface area contributed by atoms with Crippen LogP contribution in [-0.4, -0.2) is 7.05 Å². The van der Waals surface area contributed by atoms with Crippen LogP contribution in [0.25, 0.3) is 0 Å². The van der Waals surface area contributed by atoms with Gasteiger partial charge in [0.25, 0.3) is 0 Å². The second-order valence-corrected chi connectivity index (χ2v) is 3.61. The molecule has 0 heterocycles. The zero-order valence-electron chi connectivity index (χ0n) is 7.67. The van der Waals surface area contributed by atoms with Crippen molar-refractivity contribution in [1.29, 1.82) is 0 Å². The molecule has 0 bridgehead atoms. The summed E-state index contributed by atoms with van der Waals surface area (Å²) >= 11 is 0. The first-order valence-corrected chi connectivity index (χ1v) is 4.59. The molecule has 1 aromatic carbocycles. The van der Waals surface area contributed by atoms with Crippen LogP contribution in [0.5, 0.6) is 0 Å². The van der Waals surface area contributed by atoms with Crippen LogP contribution in [0.3, 0.4) is 0 Å². The van der Waals surface area contributed by atoms with E-state index in [0.29, 0.717) is 6.04 Å². The van der Waals surface area contributed by atoms with Gasteiger partial charge < -0.3 is 5.32 Å². The summed E-state index contributed by atoms with van der Waals surface area (Å²) in [6.45, 7) is 2.30. The van der Waals surface area contributed by atoms with Gasteiger partial charge in [-0.15, -0.1) is 0 Å². The average molecular weight is 161 g/mol. The Labute approximate surface area is 73.8 Å². The van der Waals surface area contributed by atoms with Crippen molar-refractivity contribution < 1.29 is 0 Å². The highest BCUT2D eigenvalue weighted by atomic mass is 14.9. The van der Waals surface area contributed by atoms with Crippen molar-refractivity contribution in [1.82, 2.24) is 5.32 Å². The maximum atomic E-state index is 3.35. The Hall–Kier alpha value is -0.820. The molecular formula is C11H15N. The summed E-state index contributed by atoms with van der Waals surface area (Å²) in [4.78, 5) is 0. The average Bonchev–Trinajstić information content (AvgIpc) is 2.44. The molecule has 64 valence electrons. The van der Waals surface area contributed by atoms with E-state index >= 15 is 0 Å². The van der Waals surface area contributed by atoms with E-state index in [0.717, 1.165) is 5.92 Å². The number of fused-ring (bicyclic) bond motifs is 1. The van der Waals surface area contributed by atoms with E-state index in [-0.39, 0.29) is 0 Å². The van der Waals surface area contributed by atoms with Crippen LogP contribution < -0.4 is 5.32 Å². The Kier molecular flexibility index (Phi) is 1.89.